The molecular formula is C23H20Br2N2O2. The number of carbonyl (C=O) groups excluding carboxylic acids is 1. The average Bonchev–Trinajstić information content (AvgIpc) is 2.73. The van der Waals surface area contributed by atoms with E-state index >= 15 is 0 Å². The molecule has 0 atom stereocenters. The van der Waals surface area contributed by atoms with Crippen molar-refractivity contribution in [1.29, 1.82) is 0 Å². The van der Waals surface area contributed by atoms with Crippen molar-refractivity contribution < 1.29 is 9.53 Å². The van der Waals surface area contributed by atoms with Gasteiger partial charge in [-0.25, -0.2) is 5.43 Å². The van der Waals surface area contributed by atoms with Gasteiger partial charge in [0.25, 0.3) is 0 Å². The zero-order chi connectivity index (χ0) is 20.5. The van der Waals surface area contributed by atoms with E-state index in [4.69, 9.17) is 4.74 Å². The van der Waals surface area contributed by atoms with Crippen molar-refractivity contribution in [3.8, 4) is 5.75 Å². The minimum absolute atomic E-state index is 0.112. The van der Waals surface area contributed by atoms with Crippen LogP contribution in [-0.4, -0.2) is 12.1 Å². The van der Waals surface area contributed by atoms with Crippen LogP contribution in [0.1, 0.15) is 23.1 Å². The molecule has 0 bridgehead atoms. The first kappa shape index (κ1) is 21.3. The predicted octanol–water partition coefficient (Wildman–Crippen LogP) is 5.87. The lowest BCUT2D eigenvalue weighted by atomic mass is 10.1. The molecule has 0 aliphatic heterocycles. The maximum absolute atomic E-state index is 11.9. The minimum Gasteiger partial charge on any atom is -0.488 e. The van der Waals surface area contributed by atoms with Crippen molar-refractivity contribution in [3.63, 3.8) is 0 Å². The van der Waals surface area contributed by atoms with E-state index in [1.807, 2.05) is 72.8 Å². The van der Waals surface area contributed by atoms with E-state index in [0.29, 0.717) is 19.4 Å². The molecule has 0 saturated carbocycles. The highest BCUT2D eigenvalue weighted by molar-refractivity contribution is 9.10. The van der Waals surface area contributed by atoms with Gasteiger partial charge in [0.1, 0.15) is 12.4 Å². The number of halogens is 2. The van der Waals surface area contributed by atoms with Crippen LogP contribution in [0.5, 0.6) is 5.75 Å². The number of benzene rings is 3. The lowest BCUT2D eigenvalue weighted by molar-refractivity contribution is -0.121. The predicted molar refractivity (Wildman–Crippen MR) is 123 cm³/mol. The molecule has 3 rings (SSSR count). The molecule has 3 aromatic carbocycles. The Bertz CT molecular complexity index is 974. The summed E-state index contributed by atoms with van der Waals surface area (Å²) in [5.41, 5.74) is 5.64. The van der Waals surface area contributed by atoms with Gasteiger partial charge in [-0.15, -0.1) is 0 Å². The number of hydrogen-bond acceptors (Lipinski definition) is 3. The fraction of sp³-hybridized carbons (Fsp3) is 0.130. The molecule has 0 radical (unpaired) electrons. The van der Waals surface area contributed by atoms with Gasteiger partial charge in [0.2, 0.25) is 5.91 Å². The summed E-state index contributed by atoms with van der Waals surface area (Å²) in [6.45, 7) is 0.483. The van der Waals surface area contributed by atoms with Gasteiger partial charge in [0.15, 0.2) is 0 Å². The SMILES string of the molecule is O=C(CCc1ccccc1)N/N=C\c1ccc(OCc2ccc(Br)cc2)c(Br)c1. The van der Waals surface area contributed by atoms with Gasteiger partial charge in [-0.1, -0.05) is 58.4 Å². The number of aryl methyl sites for hydroxylation is 1. The van der Waals surface area contributed by atoms with E-state index < -0.39 is 0 Å². The summed E-state index contributed by atoms with van der Waals surface area (Å²) in [7, 11) is 0. The number of carbonyl (C=O) groups is 1. The Morgan fingerprint density at radius 3 is 2.45 bits per heavy atom. The Morgan fingerprint density at radius 1 is 0.966 bits per heavy atom. The number of rotatable bonds is 8. The molecule has 29 heavy (non-hydrogen) atoms. The fourth-order valence-electron chi connectivity index (χ4n) is 2.59. The molecule has 0 heterocycles. The van der Waals surface area contributed by atoms with Crippen LogP contribution in [0.2, 0.25) is 0 Å². The van der Waals surface area contributed by atoms with Crippen LogP contribution >= 0.6 is 31.9 Å². The molecule has 0 aliphatic rings. The lowest BCUT2D eigenvalue weighted by Gasteiger charge is -2.09. The number of nitrogens with one attached hydrogen (secondary N) is 1. The second kappa shape index (κ2) is 10.9. The van der Waals surface area contributed by atoms with Gasteiger partial charge in [-0.2, -0.15) is 5.10 Å². The number of amides is 1. The first-order valence-electron chi connectivity index (χ1n) is 9.13. The van der Waals surface area contributed by atoms with E-state index in [1.165, 1.54) is 0 Å². The number of ether oxygens (including phenoxy) is 1. The Kier molecular flexibility index (Phi) is 8.02. The normalized spacial score (nSPS) is 10.8. The van der Waals surface area contributed by atoms with E-state index in [9.17, 15) is 4.79 Å². The maximum atomic E-state index is 11.9. The van der Waals surface area contributed by atoms with Gasteiger partial charge in [-0.05, 0) is 69.4 Å². The molecule has 3 aromatic rings. The van der Waals surface area contributed by atoms with Crippen LogP contribution < -0.4 is 10.2 Å². The third kappa shape index (κ3) is 7.15. The van der Waals surface area contributed by atoms with E-state index in [2.05, 4.69) is 42.4 Å². The Morgan fingerprint density at radius 2 is 1.72 bits per heavy atom. The molecule has 4 nitrogen and oxygen atoms in total. The summed E-state index contributed by atoms with van der Waals surface area (Å²) in [5, 5.41) is 4.04. The van der Waals surface area contributed by atoms with Crippen LogP contribution in [0.3, 0.4) is 0 Å². The zero-order valence-electron chi connectivity index (χ0n) is 15.6. The maximum Gasteiger partial charge on any atom is 0.240 e. The zero-order valence-corrected chi connectivity index (χ0v) is 18.8. The smallest absolute Gasteiger partial charge is 0.240 e. The van der Waals surface area contributed by atoms with E-state index in [0.717, 1.165) is 31.4 Å². The van der Waals surface area contributed by atoms with Crippen LogP contribution in [0, 0.1) is 0 Å². The summed E-state index contributed by atoms with van der Waals surface area (Å²) in [6.07, 6.45) is 2.70. The summed E-state index contributed by atoms with van der Waals surface area (Å²) in [6, 6.07) is 23.6. The highest BCUT2D eigenvalue weighted by Gasteiger charge is 2.04. The first-order valence-corrected chi connectivity index (χ1v) is 10.7. The molecule has 0 aliphatic carbocycles. The quantitative estimate of drug-likeness (QED) is 0.301. The van der Waals surface area contributed by atoms with Gasteiger partial charge >= 0.3 is 0 Å². The molecule has 0 fully saturated rings. The van der Waals surface area contributed by atoms with Crippen molar-refractivity contribution in [2.75, 3.05) is 0 Å². The van der Waals surface area contributed by atoms with Gasteiger partial charge < -0.3 is 4.74 Å². The summed E-state index contributed by atoms with van der Waals surface area (Å²) < 4.78 is 7.73. The highest BCUT2D eigenvalue weighted by atomic mass is 79.9. The largest absolute Gasteiger partial charge is 0.488 e. The highest BCUT2D eigenvalue weighted by Crippen LogP contribution is 2.26. The molecule has 0 unspecified atom stereocenters. The van der Waals surface area contributed by atoms with Crippen molar-refractivity contribution in [1.82, 2.24) is 5.43 Å². The molecule has 148 valence electrons. The minimum atomic E-state index is -0.112. The van der Waals surface area contributed by atoms with Crippen molar-refractivity contribution >= 4 is 44.0 Å². The van der Waals surface area contributed by atoms with Crippen molar-refractivity contribution in [3.05, 3.63) is 98.4 Å². The first-order chi connectivity index (χ1) is 14.1. The number of hydrogen-bond donors (Lipinski definition) is 1. The molecule has 0 saturated heterocycles. The molecule has 0 spiro atoms. The van der Waals surface area contributed by atoms with Gasteiger partial charge in [-0.3, -0.25) is 4.79 Å². The van der Waals surface area contributed by atoms with E-state index in [1.54, 1.807) is 6.21 Å². The van der Waals surface area contributed by atoms with Crippen molar-refractivity contribution in [2.24, 2.45) is 5.10 Å². The third-order valence-electron chi connectivity index (χ3n) is 4.15. The van der Waals surface area contributed by atoms with E-state index in [-0.39, 0.29) is 5.91 Å². The number of hydrazone groups is 1. The summed E-state index contributed by atoms with van der Waals surface area (Å²) in [4.78, 5) is 11.9. The van der Waals surface area contributed by atoms with Crippen LogP contribution in [-0.2, 0) is 17.8 Å². The molecule has 0 aromatic heterocycles. The van der Waals surface area contributed by atoms with Gasteiger partial charge in [0, 0.05) is 10.9 Å². The average molecular weight is 516 g/mol. The third-order valence-corrected chi connectivity index (χ3v) is 5.30. The van der Waals surface area contributed by atoms with Crippen molar-refractivity contribution in [2.45, 2.75) is 19.4 Å². The standard InChI is InChI=1S/C23H20Br2N2O2/c24-20-10-6-18(7-11-20)16-29-22-12-8-19(14-21(22)25)15-26-27-23(28)13-9-17-4-2-1-3-5-17/h1-8,10-12,14-15H,9,13,16H2,(H,27,28)/b26-15-. The van der Waals surface area contributed by atoms with Gasteiger partial charge in [0.05, 0.1) is 10.7 Å². The monoisotopic (exact) mass is 514 g/mol. The topological polar surface area (TPSA) is 50.7 Å². The fourth-order valence-corrected chi connectivity index (χ4v) is 3.37. The van der Waals surface area contributed by atoms with Crippen LogP contribution in [0.4, 0.5) is 0 Å². The Labute approximate surface area is 187 Å². The second-order valence-electron chi connectivity index (χ2n) is 6.38. The Hall–Kier alpha value is -2.44. The molecule has 1 amide bonds. The number of nitrogens with zero attached hydrogens (tertiary/aromatic N) is 1. The molecule has 6 heteroatoms. The summed E-state index contributed by atoms with van der Waals surface area (Å²) in [5.74, 6) is 0.635. The second-order valence-corrected chi connectivity index (χ2v) is 8.15. The summed E-state index contributed by atoms with van der Waals surface area (Å²) >= 11 is 6.95. The Balaban J connectivity index is 1.47. The van der Waals surface area contributed by atoms with Crippen LogP contribution in [0.25, 0.3) is 0 Å². The molecule has 1 N–H and O–H groups in total. The molecular weight excluding hydrogens is 496 g/mol. The van der Waals surface area contributed by atoms with Crippen LogP contribution in [0.15, 0.2) is 86.8 Å². The lowest BCUT2D eigenvalue weighted by Crippen LogP contribution is -2.17.